The number of nitrogens with zero attached hydrogens (tertiary/aromatic N) is 2. The van der Waals surface area contributed by atoms with Crippen molar-refractivity contribution in [3.05, 3.63) is 30.3 Å². The van der Waals surface area contributed by atoms with Crippen molar-refractivity contribution < 1.29 is 63.5 Å². The third-order valence-electron chi connectivity index (χ3n) is 14.6. The molecule has 2 amide bonds. The highest BCUT2D eigenvalue weighted by atomic mass is 16.7. The lowest BCUT2D eigenvalue weighted by Gasteiger charge is -2.53. The Kier molecular flexibility index (Phi) is 19.3. The Hall–Kier alpha value is -2.52. The molecule has 0 aliphatic carbocycles. The van der Waals surface area contributed by atoms with Gasteiger partial charge in [0.25, 0.3) is 0 Å². The van der Waals surface area contributed by atoms with Gasteiger partial charge >= 0.3 is 12.0 Å². The summed E-state index contributed by atoms with van der Waals surface area (Å²) < 4.78 is 38.6. The van der Waals surface area contributed by atoms with Crippen LogP contribution in [0.3, 0.4) is 0 Å². The maximum atomic E-state index is 14.5. The maximum Gasteiger partial charge on any atom is 0.324 e. The second-order valence-electron chi connectivity index (χ2n) is 20.0. The zero-order chi connectivity index (χ0) is 48.8. The van der Waals surface area contributed by atoms with Crippen LogP contribution in [0.4, 0.5) is 10.5 Å². The third kappa shape index (κ3) is 12.4. The number of likely N-dealkylation sites (N-methyl/N-ethyl adjacent to an activating group) is 1. The SMILES string of the molecule is CCCNC[C@]1(O)[C@H](C)O[C@@H](O[C@H]2[C@@H](C)[C@@H](O[C@@H]3O[C@H](C)C[C@H](N(C)C(=O)N(C)c4ccccc4)[C@H]3O)[C@](C)(O)C[C@@H](C)CN[C@H](C)[C@@H](O)[C@](C)(O)[C@@H](CC)OC(=O)[C@@H]2C)C[C@@]1(C)OC. The highest BCUT2D eigenvalue weighted by Gasteiger charge is 2.58. The number of nitrogens with one attached hydrogen (secondary N) is 2. The molecule has 7 N–H and O–H groups in total. The lowest BCUT2D eigenvalue weighted by Crippen LogP contribution is -2.70. The van der Waals surface area contributed by atoms with Gasteiger partial charge in [-0.05, 0) is 105 Å². The summed E-state index contributed by atoms with van der Waals surface area (Å²) >= 11 is 0. The van der Waals surface area contributed by atoms with Crippen molar-refractivity contribution in [2.75, 3.05) is 45.7 Å². The summed E-state index contributed by atoms with van der Waals surface area (Å²) in [6.07, 6.45) is -8.36. The van der Waals surface area contributed by atoms with Gasteiger partial charge in [-0.25, -0.2) is 4.79 Å². The lowest BCUT2D eigenvalue weighted by atomic mass is 9.75. The Morgan fingerprint density at radius 3 is 2.20 bits per heavy atom. The number of para-hydroxylation sites is 1. The Bertz CT molecular complexity index is 1660. The first-order valence-corrected chi connectivity index (χ1v) is 23.7. The number of cyclic esters (lactones) is 1. The minimum Gasteiger partial charge on any atom is -0.459 e. The molecule has 3 heterocycles. The summed E-state index contributed by atoms with van der Waals surface area (Å²) in [5, 5.41) is 66.8. The predicted octanol–water partition coefficient (Wildman–Crippen LogP) is 3.55. The van der Waals surface area contributed by atoms with Gasteiger partial charge < -0.3 is 69.5 Å². The molecule has 0 saturated carbocycles. The first-order valence-electron chi connectivity index (χ1n) is 23.7. The molecular weight excluding hydrogens is 841 g/mol. The van der Waals surface area contributed by atoms with E-state index < -0.39 is 108 Å². The largest absolute Gasteiger partial charge is 0.459 e. The van der Waals surface area contributed by atoms with E-state index in [-0.39, 0.29) is 37.8 Å². The Balaban J connectivity index is 1.80. The molecule has 17 heteroatoms. The number of anilines is 1. The van der Waals surface area contributed by atoms with Crippen molar-refractivity contribution in [1.29, 1.82) is 0 Å². The van der Waals surface area contributed by atoms with Gasteiger partial charge in [-0.1, -0.05) is 45.9 Å². The number of aliphatic hydroxyl groups excluding tert-OH is 2. The third-order valence-corrected chi connectivity index (χ3v) is 14.6. The van der Waals surface area contributed by atoms with Gasteiger partial charge in [0, 0.05) is 51.8 Å². The average molecular weight is 925 g/mol. The van der Waals surface area contributed by atoms with Crippen LogP contribution < -0.4 is 15.5 Å². The van der Waals surface area contributed by atoms with Crippen LogP contribution in [0.15, 0.2) is 30.3 Å². The number of amides is 2. The van der Waals surface area contributed by atoms with Crippen LogP contribution in [-0.4, -0.2) is 173 Å². The monoisotopic (exact) mass is 925 g/mol. The number of carbonyl (C=O) groups excluding carboxylic acids is 2. The average Bonchev–Trinajstić information content (AvgIpc) is 3.26. The molecule has 18 atom stereocenters. The second-order valence-corrected chi connectivity index (χ2v) is 20.0. The normalized spacial score (nSPS) is 42.6. The van der Waals surface area contributed by atoms with Crippen LogP contribution in [0, 0.1) is 17.8 Å². The summed E-state index contributed by atoms with van der Waals surface area (Å²) in [6, 6.07) is 7.42. The molecule has 0 bridgehead atoms. The molecule has 0 aromatic heterocycles. The van der Waals surface area contributed by atoms with Crippen LogP contribution in [0.5, 0.6) is 0 Å². The van der Waals surface area contributed by atoms with Crippen LogP contribution in [0.1, 0.15) is 108 Å². The van der Waals surface area contributed by atoms with Crippen LogP contribution in [0.2, 0.25) is 0 Å². The number of hydrogen-bond acceptors (Lipinski definition) is 15. The van der Waals surface area contributed by atoms with Crippen molar-refractivity contribution in [2.45, 2.75) is 198 Å². The van der Waals surface area contributed by atoms with Gasteiger partial charge in [0.15, 0.2) is 12.6 Å². The Morgan fingerprint density at radius 2 is 1.60 bits per heavy atom. The van der Waals surface area contributed by atoms with Crippen molar-refractivity contribution in [2.24, 2.45) is 17.8 Å². The topological polar surface area (TPSA) is 221 Å². The van der Waals surface area contributed by atoms with Gasteiger partial charge in [0.05, 0.1) is 42.0 Å². The fourth-order valence-corrected chi connectivity index (χ4v) is 10.2. The highest BCUT2D eigenvalue weighted by Crippen LogP contribution is 2.43. The van der Waals surface area contributed by atoms with Crippen LogP contribution in [0.25, 0.3) is 0 Å². The van der Waals surface area contributed by atoms with E-state index >= 15 is 0 Å². The second kappa shape index (κ2) is 22.7. The van der Waals surface area contributed by atoms with E-state index in [1.807, 2.05) is 51.1 Å². The van der Waals surface area contributed by atoms with Crippen LogP contribution in [-0.2, 0) is 33.2 Å². The minimum atomic E-state index is -1.86. The quantitative estimate of drug-likeness (QED) is 0.118. The number of benzene rings is 1. The van der Waals surface area contributed by atoms with Gasteiger partial charge in [0.2, 0.25) is 0 Å². The standard InChI is InChI=1S/C48H84N4O13/c1-15-22-49-27-48(59)33(8)62-37(25-46(48,10)60-14)64-39-30(5)41(65-43-38(53)35(23-29(4)61-43)52(13)44(56)51(12)34-20-18-17-19-21-34)45(9,57)24-28(3)26-50-32(7)40(54)47(11,58)36(16-2)63-42(55)31(39)6/h17-21,28-33,35-41,43,49-50,53-54,57-59H,15-16,22-27H2,1-14H3/t28-,29-,30-,31-,32-,33+,35+,36-,37+,38-,39+,40-,41-,43+,45-,46-,47-,48+/m1/s1. The molecule has 0 spiro atoms. The zero-order valence-electron chi connectivity index (χ0n) is 41.5. The Morgan fingerprint density at radius 1 is 0.954 bits per heavy atom. The number of esters is 1. The summed E-state index contributed by atoms with van der Waals surface area (Å²) in [7, 11) is 4.80. The lowest BCUT2D eigenvalue weighted by molar-refractivity contribution is -0.336. The van der Waals surface area contributed by atoms with E-state index in [0.717, 1.165) is 6.42 Å². The Labute approximate surface area is 387 Å². The molecule has 1 aromatic carbocycles. The van der Waals surface area contributed by atoms with Gasteiger partial charge in [-0.15, -0.1) is 0 Å². The van der Waals surface area contributed by atoms with Gasteiger partial charge in [-0.2, -0.15) is 0 Å². The number of hydrogen-bond donors (Lipinski definition) is 7. The number of rotatable bonds is 12. The predicted molar refractivity (Wildman–Crippen MR) is 246 cm³/mol. The molecule has 4 rings (SSSR count). The van der Waals surface area contributed by atoms with E-state index in [1.54, 1.807) is 62.6 Å². The first kappa shape index (κ1) is 55.1. The minimum absolute atomic E-state index is 0.0472. The van der Waals surface area contributed by atoms with Gasteiger partial charge in [0.1, 0.15) is 35.1 Å². The number of urea groups is 1. The number of aliphatic hydroxyl groups is 5. The maximum absolute atomic E-state index is 14.5. The molecule has 3 aliphatic rings. The van der Waals surface area contributed by atoms with Crippen molar-refractivity contribution in [3.8, 4) is 0 Å². The molecule has 65 heavy (non-hydrogen) atoms. The molecule has 0 radical (unpaired) electrons. The van der Waals surface area contributed by atoms with E-state index in [1.165, 1.54) is 23.8 Å². The molecule has 374 valence electrons. The molecule has 3 fully saturated rings. The van der Waals surface area contributed by atoms with Crippen molar-refractivity contribution in [3.63, 3.8) is 0 Å². The molecule has 17 nitrogen and oxygen atoms in total. The fraction of sp³-hybridized carbons (Fsp3) is 0.833. The van der Waals surface area contributed by atoms with E-state index in [2.05, 4.69) is 10.6 Å². The summed E-state index contributed by atoms with van der Waals surface area (Å²) in [6.45, 7) is 20.5. The number of methoxy groups -OCH3 is 1. The molecule has 1 aromatic rings. The van der Waals surface area contributed by atoms with E-state index in [0.29, 0.717) is 25.2 Å². The fourth-order valence-electron chi connectivity index (χ4n) is 10.2. The summed E-state index contributed by atoms with van der Waals surface area (Å²) in [5.74, 6) is -2.97. The smallest absolute Gasteiger partial charge is 0.324 e. The van der Waals surface area contributed by atoms with Crippen LogP contribution >= 0.6 is 0 Å². The zero-order valence-corrected chi connectivity index (χ0v) is 41.5. The van der Waals surface area contributed by atoms with Gasteiger partial charge in [-0.3, -0.25) is 9.69 Å². The first-order chi connectivity index (χ1) is 30.3. The van der Waals surface area contributed by atoms with E-state index in [4.69, 9.17) is 28.4 Å². The molecule has 3 aliphatic heterocycles. The highest BCUT2D eigenvalue weighted by molar-refractivity contribution is 5.91. The summed E-state index contributed by atoms with van der Waals surface area (Å²) in [4.78, 5) is 31.4. The number of carbonyl (C=O) groups is 2. The molecular formula is C48H84N4O13. The van der Waals surface area contributed by atoms with Crippen molar-refractivity contribution >= 4 is 17.7 Å². The van der Waals surface area contributed by atoms with Crippen molar-refractivity contribution in [1.82, 2.24) is 15.5 Å². The molecule has 3 saturated heterocycles. The molecule has 0 unspecified atom stereocenters. The summed E-state index contributed by atoms with van der Waals surface area (Å²) in [5.41, 5.74) is -5.53. The number of ether oxygens (including phenoxy) is 6. The van der Waals surface area contributed by atoms with E-state index in [9.17, 15) is 35.1 Å².